The molecule has 0 aliphatic carbocycles. The molecule has 0 unspecified atom stereocenters. The third-order valence-electron chi connectivity index (χ3n) is 1.25. The Morgan fingerprint density at radius 2 is 2.36 bits per heavy atom. The van der Waals surface area contributed by atoms with Crippen LogP contribution in [0.3, 0.4) is 0 Å². The zero-order valence-corrected chi connectivity index (χ0v) is 5.94. The quantitative estimate of drug-likeness (QED) is 0.479. The molecule has 0 fully saturated rings. The summed E-state index contributed by atoms with van der Waals surface area (Å²) in [5, 5.41) is 10.3. The van der Waals surface area contributed by atoms with Gasteiger partial charge in [-0.15, -0.1) is 0 Å². The molecular formula is C6H7N3O2. The van der Waals surface area contributed by atoms with Crippen LogP contribution in [0.15, 0.2) is 12.3 Å². The molecular weight excluding hydrogens is 146 g/mol. The summed E-state index contributed by atoms with van der Waals surface area (Å²) >= 11 is 0. The van der Waals surface area contributed by atoms with Crippen molar-refractivity contribution in [1.29, 1.82) is 0 Å². The number of rotatable bonds is 1. The van der Waals surface area contributed by atoms with Crippen molar-refractivity contribution in [3.63, 3.8) is 0 Å². The van der Waals surface area contributed by atoms with Gasteiger partial charge in [-0.3, -0.25) is 15.1 Å². The van der Waals surface area contributed by atoms with Gasteiger partial charge in [-0.2, -0.15) is 0 Å². The Balaban J connectivity index is 3.23. The summed E-state index contributed by atoms with van der Waals surface area (Å²) in [5.41, 5.74) is 5.89. The summed E-state index contributed by atoms with van der Waals surface area (Å²) in [6, 6.07) is 1.34. The second-order valence-corrected chi connectivity index (χ2v) is 2.14. The van der Waals surface area contributed by atoms with Crippen molar-refractivity contribution in [3.05, 3.63) is 28.1 Å². The van der Waals surface area contributed by atoms with Crippen LogP contribution >= 0.6 is 0 Å². The minimum absolute atomic E-state index is 0.0856. The fourth-order valence-electron chi connectivity index (χ4n) is 0.714. The van der Waals surface area contributed by atoms with Crippen LogP contribution in [-0.4, -0.2) is 9.91 Å². The summed E-state index contributed by atoms with van der Waals surface area (Å²) in [5.74, 6) is 0. The number of nitrogens with zero attached hydrogens (tertiary/aromatic N) is 2. The number of hydrogen-bond donors (Lipinski definition) is 1. The first-order valence-electron chi connectivity index (χ1n) is 2.98. The van der Waals surface area contributed by atoms with E-state index in [0.717, 1.165) is 0 Å². The molecule has 1 heterocycles. The second-order valence-electron chi connectivity index (χ2n) is 2.14. The van der Waals surface area contributed by atoms with E-state index in [4.69, 9.17) is 5.73 Å². The van der Waals surface area contributed by atoms with E-state index in [1.807, 2.05) is 0 Å². The Labute approximate surface area is 63.0 Å². The molecule has 0 aliphatic rings. The van der Waals surface area contributed by atoms with Crippen LogP contribution in [-0.2, 0) is 0 Å². The summed E-state index contributed by atoms with van der Waals surface area (Å²) in [6.45, 7) is 1.67. The molecule has 5 heteroatoms. The Morgan fingerprint density at radius 1 is 1.73 bits per heavy atom. The van der Waals surface area contributed by atoms with E-state index in [1.165, 1.54) is 12.3 Å². The third-order valence-corrected chi connectivity index (χ3v) is 1.25. The van der Waals surface area contributed by atoms with Crippen LogP contribution in [0.4, 0.5) is 11.4 Å². The molecule has 1 rings (SSSR count). The summed E-state index contributed by atoms with van der Waals surface area (Å²) in [7, 11) is 0. The van der Waals surface area contributed by atoms with Gasteiger partial charge in [0.1, 0.15) is 5.69 Å². The van der Waals surface area contributed by atoms with Gasteiger partial charge in [0.2, 0.25) is 0 Å². The van der Waals surface area contributed by atoms with Crippen LogP contribution < -0.4 is 5.73 Å². The number of aromatic nitrogens is 1. The van der Waals surface area contributed by atoms with E-state index in [0.29, 0.717) is 5.69 Å². The molecule has 1 aromatic rings. The Kier molecular flexibility index (Phi) is 1.72. The van der Waals surface area contributed by atoms with Crippen molar-refractivity contribution in [2.24, 2.45) is 0 Å². The molecule has 0 aromatic carbocycles. The van der Waals surface area contributed by atoms with Crippen LogP contribution in [0, 0.1) is 17.0 Å². The molecule has 0 aliphatic heterocycles. The predicted molar refractivity (Wildman–Crippen MR) is 40.0 cm³/mol. The zero-order chi connectivity index (χ0) is 8.43. The summed E-state index contributed by atoms with van der Waals surface area (Å²) in [4.78, 5) is 13.5. The van der Waals surface area contributed by atoms with E-state index in [9.17, 15) is 10.1 Å². The first kappa shape index (κ1) is 7.46. The molecule has 0 bridgehead atoms. The maximum atomic E-state index is 10.3. The highest BCUT2D eigenvalue weighted by atomic mass is 16.6. The molecule has 58 valence electrons. The topological polar surface area (TPSA) is 82.0 Å². The highest BCUT2D eigenvalue weighted by Crippen LogP contribution is 2.19. The zero-order valence-electron chi connectivity index (χ0n) is 5.94. The van der Waals surface area contributed by atoms with Crippen molar-refractivity contribution in [2.45, 2.75) is 6.92 Å². The average molecular weight is 153 g/mol. The smallest absolute Gasteiger partial charge is 0.295 e. The number of nitro groups is 1. The molecule has 11 heavy (non-hydrogen) atoms. The molecule has 0 spiro atoms. The number of anilines is 1. The van der Waals surface area contributed by atoms with E-state index in [1.54, 1.807) is 6.92 Å². The molecule has 5 nitrogen and oxygen atoms in total. The van der Waals surface area contributed by atoms with Gasteiger partial charge >= 0.3 is 0 Å². The lowest BCUT2D eigenvalue weighted by molar-refractivity contribution is -0.384. The molecule has 2 N–H and O–H groups in total. The van der Waals surface area contributed by atoms with Crippen LogP contribution in [0.25, 0.3) is 0 Å². The van der Waals surface area contributed by atoms with Gasteiger partial charge < -0.3 is 5.73 Å². The van der Waals surface area contributed by atoms with Gasteiger partial charge in [0.05, 0.1) is 11.1 Å². The van der Waals surface area contributed by atoms with Crippen molar-refractivity contribution < 1.29 is 4.92 Å². The Morgan fingerprint density at radius 3 is 2.82 bits per heavy atom. The summed E-state index contributed by atoms with van der Waals surface area (Å²) < 4.78 is 0. The number of nitrogen functional groups attached to an aromatic ring is 1. The highest BCUT2D eigenvalue weighted by Gasteiger charge is 2.10. The van der Waals surface area contributed by atoms with Crippen molar-refractivity contribution in [3.8, 4) is 0 Å². The van der Waals surface area contributed by atoms with Crippen molar-refractivity contribution >= 4 is 11.4 Å². The maximum absolute atomic E-state index is 10.3. The van der Waals surface area contributed by atoms with Crippen LogP contribution in [0.1, 0.15) is 5.69 Å². The van der Waals surface area contributed by atoms with Gasteiger partial charge in [0.15, 0.2) is 0 Å². The number of pyridine rings is 1. The standard InChI is InChI=1S/C6H7N3O2/c1-4-2-6(9(10)11)5(7)3-8-4/h2-3H,7H2,1H3. The fourth-order valence-corrected chi connectivity index (χ4v) is 0.714. The van der Waals surface area contributed by atoms with Crippen LogP contribution in [0.5, 0.6) is 0 Å². The first-order chi connectivity index (χ1) is 5.11. The maximum Gasteiger partial charge on any atom is 0.295 e. The summed E-state index contributed by atoms with van der Waals surface area (Å²) in [6.07, 6.45) is 1.29. The van der Waals surface area contributed by atoms with E-state index in [2.05, 4.69) is 4.98 Å². The molecule has 0 saturated carbocycles. The molecule has 0 radical (unpaired) electrons. The largest absolute Gasteiger partial charge is 0.392 e. The van der Waals surface area contributed by atoms with E-state index in [-0.39, 0.29) is 11.4 Å². The average Bonchev–Trinajstić information content (AvgIpc) is 1.94. The van der Waals surface area contributed by atoms with Crippen LogP contribution in [0.2, 0.25) is 0 Å². The number of hydrogen-bond acceptors (Lipinski definition) is 4. The predicted octanol–water partition coefficient (Wildman–Crippen LogP) is 0.880. The lowest BCUT2D eigenvalue weighted by atomic mass is 10.3. The highest BCUT2D eigenvalue weighted by molar-refractivity contribution is 5.56. The Bertz CT molecular complexity index is 298. The monoisotopic (exact) mass is 153 g/mol. The molecule has 0 atom stereocenters. The lowest BCUT2D eigenvalue weighted by Crippen LogP contribution is -1.97. The molecule has 1 aromatic heterocycles. The first-order valence-corrected chi connectivity index (χ1v) is 2.98. The van der Waals surface area contributed by atoms with Gasteiger partial charge in [0, 0.05) is 11.8 Å². The number of aryl methyl sites for hydroxylation is 1. The van der Waals surface area contributed by atoms with E-state index < -0.39 is 4.92 Å². The van der Waals surface area contributed by atoms with Gasteiger partial charge in [-0.05, 0) is 6.92 Å². The van der Waals surface area contributed by atoms with E-state index >= 15 is 0 Å². The minimum atomic E-state index is -0.524. The molecule has 0 saturated heterocycles. The second kappa shape index (κ2) is 2.53. The Hall–Kier alpha value is -1.65. The normalized spacial score (nSPS) is 9.55. The van der Waals surface area contributed by atoms with Crippen molar-refractivity contribution in [1.82, 2.24) is 4.98 Å². The fraction of sp³-hybridized carbons (Fsp3) is 0.167. The van der Waals surface area contributed by atoms with Gasteiger partial charge in [-0.1, -0.05) is 0 Å². The van der Waals surface area contributed by atoms with Gasteiger partial charge in [0.25, 0.3) is 5.69 Å². The minimum Gasteiger partial charge on any atom is -0.392 e. The molecule has 0 amide bonds. The van der Waals surface area contributed by atoms with Crippen molar-refractivity contribution in [2.75, 3.05) is 5.73 Å². The SMILES string of the molecule is Cc1cc([N+](=O)[O-])c(N)cn1. The number of nitrogens with two attached hydrogens (primary N) is 1. The third kappa shape index (κ3) is 1.43. The van der Waals surface area contributed by atoms with Gasteiger partial charge in [-0.25, -0.2) is 0 Å². The lowest BCUT2D eigenvalue weighted by Gasteiger charge is -1.95.